The summed E-state index contributed by atoms with van der Waals surface area (Å²) in [6.07, 6.45) is 1.15. The van der Waals surface area contributed by atoms with Crippen LogP contribution in [0.3, 0.4) is 0 Å². The lowest BCUT2D eigenvalue weighted by Crippen LogP contribution is -2.00. The Morgan fingerprint density at radius 3 is 2.38 bits per heavy atom. The van der Waals surface area contributed by atoms with Gasteiger partial charge < -0.3 is 14.8 Å². The van der Waals surface area contributed by atoms with Gasteiger partial charge in [-0.3, -0.25) is 0 Å². The van der Waals surface area contributed by atoms with Crippen LogP contribution in [0.25, 0.3) is 0 Å². The molecule has 0 atom stereocenters. The summed E-state index contributed by atoms with van der Waals surface area (Å²) in [4.78, 5) is 11.1. The number of anilines is 1. The summed E-state index contributed by atoms with van der Waals surface area (Å²) in [5, 5.41) is 11.9. The van der Waals surface area contributed by atoms with Crippen LogP contribution in [0.15, 0.2) is 39.6 Å². The zero-order valence-corrected chi connectivity index (χ0v) is 12.4. The number of carbonyl (C=O) groups is 1. The number of sulfone groups is 1. The minimum Gasteiger partial charge on any atom is -0.475 e. The Balaban J connectivity index is 2.06. The van der Waals surface area contributed by atoms with Crippen LogP contribution < -0.4 is 5.32 Å². The van der Waals surface area contributed by atoms with E-state index < -0.39 is 15.8 Å². The summed E-state index contributed by atoms with van der Waals surface area (Å²) in [6.45, 7) is 1.98. The fraction of sp³-hybridized carbons (Fsp3) is 0.214. The van der Waals surface area contributed by atoms with Crippen molar-refractivity contribution in [1.82, 2.24) is 0 Å². The quantitative estimate of drug-likeness (QED) is 0.879. The van der Waals surface area contributed by atoms with Crippen molar-refractivity contribution < 1.29 is 22.7 Å². The number of hydrogen-bond acceptors (Lipinski definition) is 5. The molecule has 0 saturated heterocycles. The van der Waals surface area contributed by atoms with Crippen LogP contribution in [0.2, 0.25) is 0 Å². The summed E-state index contributed by atoms with van der Waals surface area (Å²) in [7, 11) is -3.21. The molecular formula is C14H15NO5S. The third kappa shape index (κ3) is 3.63. The summed E-state index contributed by atoms with van der Waals surface area (Å²) in [5.41, 5.74) is 1.28. The smallest absolute Gasteiger partial charge is 0.372 e. The van der Waals surface area contributed by atoms with E-state index in [-0.39, 0.29) is 10.7 Å². The lowest BCUT2D eigenvalue weighted by atomic mass is 10.2. The molecule has 1 aromatic carbocycles. The van der Waals surface area contributed by atoms with Gasteiger partial charge in [-0.15, -0.1) is 0 Å². The molecule has 0 radical (unpaired) electrons. The highest BCUT2D eigenvalue weighted by Crippen LogP contribution is 2.18. The van der Waals surface area contributed by atoms with Gasteiger partial charge >= 0.3 is 5.97 Å². The molecule has 6 nitrogen and oxygen atoms in total. The van der Waals surface area contributed by atoms with Gasteiger partial charge in [0.15, 0.2) is 9.84 Å². The van der Waals surface area contributed by atoms with Crippen molar-refractivity contribution in [3.63, 3.8) is 0 Å². The molecule has 2 N–H and O–H groups in total. The lowest BCUT2D eigenvalue weighted by Gasteiger charge is -2.05. The number of aryl methyl sites for hydroxylation is 1. The van der Waals surface area contributed by atoms with E-state index in [1.807, 2.05) is 0 Å². The van der Waals surface area contributed by atoms with Crippen molar-refractivity contribution in [2.45, 2.75) is 18.4 Å². The van der Waals surface area contributed by atoms with Crippen molar-refractivity contribution in [2.75, 3.05) is 11.6 Å². The van der Waals surface area contributed by atoms with E-state index >= 15 is 0 Å². The van der Waals surface area contributed by atoms with Crippen LogP contribution in [0, 0.1) is 6.92 Å². The average Bonchev–Trinajstić information content (AvgIpc) is 2.77. The number of aromatic carboxylic acids is 1. The second-order valence-electron chi connectivity index (χ2n) is 4.68. The first-order valence-electron chi connectivity index (χ1n) is 6.14. The van der Waals surface area contributed by atoms with E-state index in [1.165, 1.54) is 12.1 Å². The van der Waals surface area contributed by atoms with Crippen LogP contribution in [0.5, 0.6) is 0 Å². The Kier molecular flexibility index (Phi) is 4.04. The molecule has 0 spiro atoms. The van der Waals surface area contributed by atoms with Gasteiger partial charge in [0.2, 0.25) is 5.76 Å². The van der Waals surface area contributed by atoms with Crippen molar-refractivity contribution in [3.8, 4) is 0 Å². The topological polar surface area (TPSA) is 96.6 Å². The lowest BCUT2D eigenvalue weighted by molar-refractivity contribution is 0.0659. The Morgan fingerprint density at radius 2 is 1.90 bits per heavy atom. The van der Waals surface area contributed by atoms with Crippen molar-refractivity contribution in [3.05, 3.63) is 47.4 Å². The highest BCUT2D eigenvalue weighted by atomic mass is 32.2. The number of nitrogens with one attached hydrogen (secondary N) is 1. The van der Waals surface area contributed by atoms with Crippen LogP contribution >= 0.6 is 0 Å². The third-order valence-corrected chi connectivity index (χ3v) is 4.04. The fourth-order valence-electron chi connectivity index (χ4n) is 1.86. The predicted molar refractivity (Wildman–Crippen MR) is 77.3 cm³/mol. The monoisotopic (exact) mass is 309 g/mol. The fourth-order valence-corrected chi connectivity index (χ4v) is 2.49. The zero-order chi connectivity index (χ0) is 15.6. The maximum atomic E-state index is 11.3. The normalized spacial score (nSPS) is 11.3. The van der Waals surface area contributed by atoms with E-state index in [4.69, 9.17) is 9.52 Å². The number of hydrogen-bond donors (Lipinski definition) is 2. The molecule has 0 bridgehead atoms. The van der Waals surface area contributed by atoms with Crippen molar-refractivity contribution >= 4 is 21.5 Å². The number of carboxylic acids is 1. The molecule has 2 rings (SSSR count). The van der Waals surface area contributed by atoms with E-state index in [2.05, 4.69) is 5.32 Å². The van der Waals surface area contributed by atoms with Gasteiger partial charge in [-0.2, -0.15) is 0 Å². The summed E-state index contributed by atoms with van der Waals surface area (Å²) in [5.74, 6) is -0.674. The average molecular weight is 309 g/mol. The molecule has 0 unspecified atom stereocenters. The number of carboxylic acid groups (broad SMARTS) is 1. The summed E-state index contributed by atoms with van der Waals surface area (Å²) < 4.78 is 27.9. The Morgan fingerprint density at radius 1 is 1.29 bits per heavy atom. The molecule has 7 heteroatoms. The Hall–Kier alpha value is -2.28. The van der Waals surface area contributed by atoms with Gasteiger partial charge in [-0.05, 0) is 37.3 Å². The number of benzene rings is 1. The van der Waals surface area contributed by atoms with Crippen LogP contribution in [-0.2, 0) is 16.4 Å². The molecule has 2 aromatic rings. The van der Waals surface area contributed by atoms with Gasteiger partial charge in [0, 0.05) is 17.5 Å². The maximum Gasteiger partial charge on any atom is 0.372 e. The molecule has 21 heavy (non-hydrogen) atoms. The van der Waals surface area contributed by atoms with Crippen LogP contribution in [0.4, 0.5) is 5.69 Å². The molecule has 0 aliphatic heterocycles. The summed E-state index contributed by atoms with van der Waals surface area (Å²) >= 11 is 0. The van der Waals surface area contributed by atoms with E-state index in [0.717, 1.165) is 6.26 Å². The second kappa shape index (κ2) is 5.61. The minimum atomic E-state index is -3.21. The molecule has 0 saturated carbocycles. The molecule has 0 fully saturated rings. The van der Waals surface area contributed by atoms with Gasteiger partial charge in [-0.25, -0.2) is 13.2 Å². The van der Waals surface area contributed by atoms with E-state index in [9.17, 15) is 13.2 Å². The number of rotatable bonds is 5. The maximum absolute atomic E-state index is 11.3. The highest BCUT2D eigenvalue weighted by molar-refractivity contribution is 7.90. The number of furan rings is 1. The van der Waals surface area contributed by atoms with E-state index in [0.29, 0.717) is 23.6 Å². The molecule has 0 amide bonds. The van der Waals surface area contributed by atoms with Gasteiger partial charge in [0.05, 0.1) is 11.4 Å². The Labute approximate surface area is 122 Å². The largest absolute Gasteiger partial charge is 0.475 e. The van der Waals surface area contributed by atoms with Crippen LogP contribution in [-0.4, -0.2) is 25.7 Å². The molecule has 112 valence electrons. The van der Waals surface area contributed by atoms with E-state index in [1.54, 1.807) is 25.1 Å². The second-order valence-corrected chi connectivity index (χ2v) is 6.70. The molecule has 0 aliphatic rings. The van der Waals surface area contributed by atoms with Crippen molar-refractivity contribution in [2.24, 2.45) is 0 Å². The minimum absolute atomic E-state index is 0.0702. The third-order valence-electron chi connectivity index (χ3n) is 2.91. The standard InChI is InChI=1S/C14H15NO5S/c1-9-7-11(20-13(9)14(16)17)8-15-10-3-5-12(6-4-10)21(2,18)19/h3-7,15H,8H2,1-2H3,(H,16,17). The zero-order valence-electron chi connectivity index (χ0n) is 11.6. The molecule has 1 aromatic heterocycles. The highest BCUT2D eigenvalue weighted by Gasteiger charge is 2.14. The molecular weight excluding hydrogens is 294 g/mol. The predicted octanol–water partition coefficient (Wildman–Crippen LogP) is 2.30. The van der Waals surface area contributed by atoms with Gasteiger partial charge in [0.1, 0.15) is 5.76 Å². The summed E-state index contributed by atoms with van der Waals surface area (Å²) in [6, 6.07) is 7.96. The van der Waals surface area contributed by atoms with Crippen molar-refractivity contribution in [1.29, 1.82) is 0 Å². The SMILES string of the molecule is Cc1cc(CNc2ccc(S(C)(=O)=O)cc2)oc1C(=O)O. The first-order chi connectivity index (χ1) is 9.77. The van der Waals surface area contributed by atoms with Crippen LogP contribution in [0.1, 0.15) is 21.9 Å². The Bertz CT molecular complexity index is 759. The van der Waals surface area contributed by atoms with Gasteiger partial charge in [0.25, 0.3) is 0 Å². The van der Waals surface area contributed by atoms with Gasteiger partial charge in [-0.1, -0.05) is 0 Å². The first-order valence-corrected chi connectivity index (χ1v) is 8.03. The molecule has 1 heterocycles. The first kappa shape index (κ1) is 15.1. The molecule has 0 aliphatic carbocycles.